The smallest absolute Gasteiger partial charge is 0.338 e. The minimum absolute atomic E-state index is 0.157. The van der Waals surface area contributed by atoms with Crippen LogP contribution in [0.5, 0.6) is 0 Å². The molecule has 6 heteroatoms. The van der Waals surface area contributed by atoms with Gasteiger partial charge in [-0.2, -0.15) is 4.80 Å². The number of benzene rings is 1. The maximum absolute atomic E-state index is 11.9. The molecule has 21 heavy (non-hydrogen) atoms. The van der Waals surface area contributed by atoms with Crippen molar-refractivity contribution < 1.29 is 9.53 Å². The van der Waals surface area contributed by atoms with E-state index >= 15 is 0 Å². The molecule has 2 rings (SSSR count). The molecule has 1 aromatic carbocycles. The number of tetrazole rings is 1. The Morgan fingerprint density at radius 1 is 1.43 bits per heavy atom. The van der Waals surface area contributed by atoms with E-state index in [1.54, 1.807) is 18.2 Å². The van der Waals surface area contributed by atoms with E-state index in [4.69, 9.17) is 4.74 Å². The van der Waals surface area contributed by atoms with Crippen molar-refractivity contribution in [2.75, 3.05) is 0 Å². The van der Waals surface area contributed by atoms with E-state index in [1.807, 2.05) is 26.8 Å². The zero-order chi connectivity index (χ0) is 15.4. The van der Waals surface area contributed by atoms with Crippen LogP contribution >= 0.6 is 0 Å². The average molecular weight is 286 g/mol. The predicted molar refractivity (Wildman–Crippen MR) is 78.6 cm³/mol. The first-order valence-corrected chi connectivity index (χ1v) is 6.69. The summed E-state index contributed by atoms with van der Waals surface area (Å²) in [6.07, 6.45) is -0.157. The van der Waals surface area contributed by atoms with Crippen molar-refractivity contribution in [3.63, 3.8) is 0 Å². The van der Waals surface area contributed by atoms with Gasteiger partial charge in [-0.05, 0) is 38.1 Å². The number of carbonyl (C=O) groups excluding carboxylic acids is 1. The summed E-state index contributed by atoms with van der Waals surface area (Å²) in [4.78, 5) is 13.4. The highest BCUT2D eigenvalue weighted by atomic mass is 16.5. The second kappa shape index (κ2) is 6.30. The van der Waals surface area contributed by atoms with Gasteiger partial charge < -0.3 is 4.74 Å². The van der Waals surface area contributed by atoms with Crippen LogP contribution < -0.4 is 0 Å². The maximum Gasteiger partial charge on any atom is 0.338 e. The van der Waals surface area contributed by atoms with Crippen molar-refractivity contribution in [3.05, 3.63) is 42.0 Å². The van der Waals surface area contributed by atoms with Crippen LogP contribution in [0.25, 0.3) is 11.4 Å². The Morgan fingerprint density at radius 2 is 2.19 bits per heavy atom. The van der Waals surface area contributed by atoms with Gasteiger partial charge in [-0.25, -0.2) is 4.79 Å². The van der Waals surface area contributed by atoms with Crippen LogP contribution in [0.15, 0.2) is 36.4 Å². The van der Waals surface area contributed by atoms with Gasteiger partial charge in [-0.3, -0.25) is 0 Å². The van der Waals surface area contributed by atoms with Gasteiger partial charge in [0.1, 0.15) is 0 Å². The number of hydrogen-bond acceptors (Lipinski definition) is 5. The van der Waals surface area contributed by atoms with Crippen molar-refractivity contribution in [1.29, 1.82) is 0 Å². The van der Waals surface area contributed by atoms with Gasteiger partial charge in [0.25, 0.3) is 0 Å². The average Bonchev–Trinajstić information content (AvgIpc) is 2.86. The lowest BCUT2D eigenvalue weighted by Gasteiger charge is -2.08. The Morgan fingerprint density at radius 3 is 2.86 bits per heavy atom. The van der Waals surface area contributed by atoms with Gasteiger partial charge >= 0.3 is 5.97 Å². The van der Waals surface area contributed by atoms with E-state index in [0.29, 0.717) is 17.9 Å². The van der Waals surface area contributed by atoms with Crippen LogP contribution in [0.1, 0.15) is 31.1 Å². The number of nitrogens with zero attached hydrogens (tertiary/aromatic N) is 4. The molecule has 0 atom stereocenters. The molecule has 0 bridgehead atoms. The molecule has 0 spiro atoms. The van der Waals surface area contributed by atoms with Crippen LogP contribution in [0, 0.1) is 0 Å². The summed E-state index contributed by atoms with van der Waals surface area (Å²) < 4.78 is 5.17. The molecule has 0 aliphatic rings. The first kappa shape index (κ1) is 14.9. The fraction of sp³-hybridized carbons (Fsp3) is 0.333. The Hall–Kier alpha value is -2.50. The van der Waals surface area contributed by atoms with Gasteiger partial charge in [0.15, 0.2) is 0 Å². The minimum Gasteiger partial charge on any atom is -0.459 e. The minimum atomic E-state index is -0.360. The van der Waals surface area contributed by atoms with Crippen molar-refractivity contribution in [2.24, 2.45) is 0 Å². The molecule has 0 saturated heterocycles. The fourth-order valence-corrected chi connectivity index (χ4v) is 1.73. The van der Waals surface area contributed by atoms with Gasteiger partial charge in [-0.15, -0.1) is 10.2 Å². The molecule has 0 amide bonds. The molecule has 2 aromatic rings. The molecule has 0 saturated carbocycles. The van der Waals surface area contributed by atoms with Crippen LogP contribution in [0.4, 0.5) is 0 Å². The first-order valence-electron chi connectivity index (χ1n) is 6.69. The van der Waals surface area contributed by atoms with E-state index < -0.39 is 0 Å². The lowest BCUT2D eigenvalue weighted by atomic mass is 10.1. The molecule has 6 nitrogen and oxygen atoms in total. The fourth-order valence-electron chi connectivity index (χ4n) is 1.73. The number of hydrogen-bond donors (Lipinski definition) is 0. The molecule has 1 aromatic heterocycles. The lowest BCUT2D eigenvalue weighted by Crippen LogP contribution is -2.11. The van der Waals surface area contributed by atoms with Crippen LogP contribution in [0.2, 0.25) is 0 Å². The van der Waals surface area contributed by atoms with Crippen molar-refractivity contribution in [1.82, 2.24) is 20.2 Å². The normalized spacial score (nSPS) is 10.7. The Balaban J connectivity index is 2.22. The third-order valence-corrected chi connectivity index (χ3v) is 2.56. The van der Waals surface area contributed by atoms with Gasteiger partial charge in [0.05, 0.1) is 18.2 Å². The predicted octanol–water partition coefficient (Wildman–Crippen LogP) is 2.48. The summed E-state index contributed by atoms with van der Waals surface area (Å²) in [5, 5.41) is 12.2. The van der Waals surface area contributed by atoms with Crippen molar-refractivity contribution >= 4 is 5.97 Å². The molecule has 0 fully saturated rings. The van der Waals surface area contributed by atoms with Crippen LogP contribution in [-0.2, 0) is 11.3 Å². The molecule has 1 heterocycles. The van der Waals surface area contributed by atoms with E-state index in [9.17, 15) is 4.79 Å². The largest absolute Gasteiger partial charge is 0.459 e. The standard InChI is InChI=1S/C15H18N4O2/c1-10(2)9-19-17-14(16-18-19)12-6-5-7-13(8-12)15(20)21-11(3)4/h5-8,11H,1,9H2,2-4H3. The van der Waals surface area contributed by atoms with E-state index in [-0.39, 0.29) is 12.1 Å². The van der Waals surface area contributed by atoms with Crippen molar-refractivity contribution in [2.45, 2.75) is 33.4 Å². The van der Waals surface area contributed by atoms with Gasteiger partial charge in [0, 0.05) is 5.56 Å². The molecule has 110 valence electrons. The number of esters is 1. The Labute approximate surface area is 123 Å². The molecular weight excluding hydrogens is 268 g/mol. The highest BCUT2D eigenvalue weighted by Gasteiger charge is 2.12. The summed E-state index contributed by atoms with van der Waals surface area (Å²) in [7, 11) is 0. The van der Waals surface area contributed by atoms with E-state index in [1.165, 1.54) is 4.80 Å². The summed E-state index contributed by atoms with van der Waals surface area (Å²) >= 11 is 0. The third kappa shape index (κ3) is 3.98. The zero-order valence-electron chi connectivity index (χ0n) is 12.4. The maximum atomic E-state index is 11.9. The second-order valence-electron chi connectivity index (χ2n) is 5.14. The molecule has 0 N–H and O–H groups in total. The number of carbonyl (C=O) groups is 1. The molecule has 0 aliphatic carbocycles. The summed E-state index contributed by atoms with van der Waals surface area (Å²) in [6, 6.07) is 7.00. The van der Waals surface area contributed by atoms with Gasteiger partial charge in [-0.1, -0.05) is 24.3 Å². The molecule has 0 aliphatic heterocycles. The van der Waals surface area contributed by atoms with Crippen molar-refractivity contribution in [3.8, 4) is 11.4 Å². The summed E-state index contributed by atoms with van der Waals surface area (Å²) in [5.74, 6) is 0.108. The lowest BCUT2D eigenvalue weighted by molar-refractivity contribution is 0.0378. The quantitative estimate of drug-likeness (QED) is 0.624. The molecular formula is C15H18N4O2. The number of aromatic nitrogens is 4. The zero-order valence-corrected chi connectivity index (χ0v) is 12.4. The third-order valence-electron chi connectivity index (χ3n) is 2.56. The monoisotopic (exact) mass is 286 g/mol. The van der Waals surface area contributed by atoms with E-state index in [2.05, 4.69) is 22.0 Å². The summed E-state index contributed by atoms with van der Waals surface area (Å²) in [5.41, 5.74) is 2.13. The highest BCUT2D eigenvalue weighted by molar-refractivity contribution is 5.90. The Bertz CT molecular complexity index is 661. The van der Waals surface area contributed by atoms with Crippen LogP contribution in [0.3, 0.4) is 0 Å². The Kier molecular flexibility index (Phi) is 4.47. The van der Waals surface area contributed by atoms with E-state index in [0.717, 1.165) is 11.1 Å². The highest BCUT2D eigenvalue weighted by Crippen LogP contribution is 2.16. The number of rotatable bonds is 5. The summed E-state index contributed by atoms with van der Waals surface area (Å²) in [6.45, 7) is 9.84. The van der Waals surface area contributed by atoms with Crippen LogP contribution in [-0.4, -0.2) is 32.3 Å². The SMILES string of the molecule is C=C(C)Cn1nnc(-c2cccc(C(=O)OC(C)C)c2)n1. The molecule has 0 radical (unpaired) electrons. The number of ether oxygens (including phenoxy) is 1. The first-order chi connectivity index (χ1) is 9.95. The number of allylic oxidation sites excluding steroid dienone is 1. The molecule has 0 unspecified atom stereocenters. The van der Waals surface area contributed by atoms with Gasteiger partial charge in [0.2, 0.25) is 5.82 Å². The second-order valence-corrected chi connectivity index (χ2v) is 5.14. The topological polar surface area (TPSA) is 69.9 Å².